The van der Waals surface area contributed by atoms with Crippen molar-refractivity contribution in [1.82, 2.24) is 0 Å². The first-order valence-electron chi connectivity index (χ1n) is 6.25. The number of carbonyl (C=O) groups excluding carboxylic acids is 2. The van der Waals surface area contributed by atoms with Crippen LogP contribution in [0.3, 0.4) is 0 Å². The molecule has 0 radical (unpaired) electrons. The number of fused-ring (bicyclic) bond motifs is 1. The monoisotopic (exact) mass is 359 g/mol. The molecule has 0 atom stereocenters. The fourth-order valence-electron chi connectivity index (χ4n) is 2.27. The Kier molecular flexibility index (Phi) is 3.61. The molecular weight excluding hydrogens is 354 g/mol. The lowest BCUT2D eigenvalue weighted by molar-refractivity contribution is -0.137. The molecule has 8 heteroatoms. The van der Waals surface area contributed by atoms with Gasteiger partial charge in [-0.2, -0.15) is 13.2 Å². The van der Waals surface area contributed by atoms with E-state index in [1.165, 1.54) is 12.1 Å². The van der Waals surface area contributed by atoms with E-state index in [9.17, 15) is 22.8 Å². The molecule has 0 bridgehead atoms. The number of alkyl halides is 3. The van der Waals surface area contributed by atoms with Crippen molar-refractivity contribution in [3.8, 4) is 0 Å². The molecule has 0 aromatic heterocycles. The zero-order valence-electron chi connectivity index (χ0n) is 11.1. The number of carbonyl (C=O) groups is 2. The Morgan fingerprint density at radius 1 is 0.826 bits per heavy atom. The molecule has 2 amide bonds. The average molecular weight is 360 g/mol. The van der Waals surface area contributed by atoms with Gasteiger partial charge in [0.15, 0.2) is 0 Å². The topological polar surface area (TPSA) is 37.4 Å². The van der Waals surface area contributed by atoms with Gasteiger partial charge in [-0.05, 0) is 36.4 Å². The van der Waals surface area contributed by atoms with E-state index in [-0.39, 0.29) is 26.9 Å². The van der Waals surface area contributed by atoms with Crippen LogP contribution in [-0.4, -0.2) is 11.8 Å². The van der Waals surface area contributed by atoms with Crippen molar-refractivity contribution in [2.75, 3.05) is 4.90 Å². The molecule has 2 aromatic rings. The van der Waals surface area contributed by atoms with Crippen molar-refractivity contribution < 1.29 is 22.8 Å². The number of anilines is 1. The second-order valence-corrected chi connectivity index (χ2v) is 5.62. The van der Waals surface area contributed by atoms with Gasteiger partial charge in [-0.15, -0.1) is 0 Å². The molecule has 0 fully saturated rings. The van der Waals surface area contributed by atoms with Crippen molar-refractivity contribution >= 4 is 40.7 Å². The number of amides is 2. The molecule has 0 N–H and O–H groups in total. The highest BCUT2D eigenvalue weighted by Gasteiger charge is 2.38. The lowest BCUT2D eigenvalue weighted by atomic mass is 10.1. The molecule has 3 rings (SSSR count). The summed E-state index contributed by atoms with van der Waals surface area (Å²) >= 11 is 11.7. The molecule has 1 aliphatic heterocycles. The second kappa shape index (κ2) is 5.25. The van der Waals surface area contributed by atoms with Gasteiger partial charge in [0.05, 0.1) is 32.4 Å². The Labute approximate surface area is 138 Å². The molecule has 0 spiro atoms. The maximum Gasteiger partial charge on any atom is 0.416 e. The van der Waals surface area contributed by atoms with Gasteiger partial charge in [-0.25, -0.2) is 4.90 Å². The molecule has 1 aliphatic rings. The SMILES string of the molecule is O=C1c2cc(Cl)c(Cl)cc2C(=O)N1c1ccc(C(F)(F)F)cc1. The first kappa shape index (κ1) is 15.8. The van der Waals surface area contributed by atoms with Gasteiger partial charge < -0.3 is 0 Å². The third kappa shape index (κ3) is 2.58. The predicted octanol–water partition coefficient (Wildman–Crippen LogP) is 4.81. The van der Waals surface area contributed by atoms with Crippen LogP contribution in [-0.2, 0) is 6.18 Å². The molecule has 0 saturated heterocycles. The van der Waals surface area contributed by atoms with Crippen molar-refractivity contribution in [3.05, 3.63) is 63.1 Å². The van der Waals surface area contributed by atoms with Gasteiger partial charge >= 0.3 is 6.18 Å². The van der Waals surface area contributed by atoms with Crippen molar-refractivity contribution in [3.63, 3.8) is 0 Å². The highest BCUT2D eigenvalue weighted by atomic mass is 35.5. The molecule has 0 saturated carbocycles. The Morgan fingerprint density at radius 2 is 1.26 bits per heavy atom. The highest BCUT2D eigenvalue weighted by Crippen LogP contribution is 2.35. The lowest BCUT2D eigenvalue weighted by Crippen LogP contribution is -2.29. The van der Waals surface area contributed by atoms with E-state index in [0.29, 0.717) is 0 Å². The minimum atomic E-state index is -4.50. The minimum Gasteiger partial charge on any atom is -0.268 e. The average Bonchev–Trinajstić information content (AvgIpc) is 2.71. The van der Waals surface area contributed by atoms with E-state index < -0.39 is 23.6 Å². The van der Waals surface area contributed by atoms with Crippen LogP contribution in [0.1, 0.15) is 26.3 Å². The molecule has 23 heavy (non-hydrogen) atoms. The van der Waals surface area contributed by atoms with Crippen molar-refractivity contribution in [1.29, 1.82) is 0 Å². The smallest absolute Gasteiger partial charge is 0.268 e. The van der Waals surface area contributed by atoms with Crippen LogP contribution in [0.4, 0.5) is 18.9 Å². The quantitative estimate of drug-likeness (QED) is 0.685. The minimum absolute atomic E-state index is 0.0384. The summed E-state index contributed by atoms with van der Waals surface area (Å²) in [4.78, 5) is 25.5. The largest absolute Gasteiger partial charge is 0.416 e. The second-order valence-electron chi connectivity index (χ2n) is 4.80. The molecule has 118 valence electrons. The lowest BCUT2D eigenvalue weighted by Gasteiger charge is -2.15. The molecule has 1 heterocycles. The van der Waals surface area contributed by atoms with Crippen molar-refractivity contribution in [2.45, 2.75) is 6.18 Å². The maximum atomic E-state index is 12.6. The highest BCUT2D eigenvalue weighted by molar-refractivity contribution is 6.44. The molecule has 2 aromatic carbocycles. The number of imide groups is 1. The first-order chi connectivity index (χ1) is 10.7. The van der Waals surface area contributed by atoms with Gasteiger partial charge in [0.25, 0.3) is 11.8 Å². The van der Waals surface area contributed by atoms with E-state index >= 15 is 0 Å². The molecule has 0 aliphatic carbocycles. The summed E-state index contributed by atoms with van der Waals surface area (Å²) in [7, 11) is 0. The fraction of sp³-hybridized carbons (Fsp3) is 0.0667. The number of hydrogen-bond donors (Lipinski definition) is 0. The summed E-state index contributed by atoms with van der Waals surface area (Å²) in [6, 6.07) is 6.27. The number of benzene rings is 2. The zero-order chi connectivity index (χ0) is 16.9. The third-order valence-corrected chi connectivity index (χ3v) is 4.10. The van der Waals surface area contributed by atoms with E-state index in [0.717, 1.165) is 29.2 Å². The van der Waals surface area contributed by atoms with Gasteiger partial charge in [0.2, 0.25) is 0 Å². The van der Waals surface area contributed by atoms with E-state index in [1.54, 1.807) is 0 Å². The van der Waals surface area contributed by atoms with Crippen LogP contribution in [0.5, 0.6) is 0 Å². The number of hydrogen-bond acceptors (Lipinski definition) is 2. The summed E-state index contributed by atoms with van der Waals surface area (Å²) in [5, 5.41) is 0.224. The Bertz CT molecular complexity index is 791. The third-order valence-electron chi connectivity index (χ3n) is 3.38. The van der Waals surface area contributed by atoms with Gasteiger partial charge in [0, 0.05) is 0 Å². The Balaban J connectivity index is 2.02. The fourth-order valence-corrected chi connectivity index (χ4v) is 2.60. The standard InChI is InChI=1S/C15H6Cl2F3NO2/c16-11-5-9-10(6-12(11)17)14(23)21(13(9)22)8-3-1-7(2-4-8)15(18,19)20/h1-6H. The molecular formula is C15H6Cl2F3NO2. The van der Waals surface area contributed by atoms with Crippen molar-refractivity contribution in [2.24, 2.45) is 0 Å². The summed E-state index contributed by atoms with van der Waals surface area (Å²) in [6.45, 7) is 0. The number of rotatable bonds is 1. The normalized spacial score (nSPS) is 14.4. The van der Waals surface area contributed by atoms with Crippen LogP contribution in [0.25, 0.3) is 0 Å². The van der Waals surface area contributed by atoms with Gasteiger partial charge in [-0.3, -0.25) is 9.59 Å². The van der Waals surface area contributed by atoms with Gasteiger partial charge in [0.1, 0.15) is 0 Å². The molecule has 3 nitrogen and oxygen atoms in total. The van der Waals surface area contributed by atoms with Crippen LogP contribution < -0.4 is 4.90 Å². The van der Waals surface area contributed by atoms with Crippen LogP contribution >= 0.6 is 23.2 Å². The zero-order valence-corrected chi connectivity index (χ0v) is 12.6. The number of halogens is 5. The van der Waals surface area contributed by atoms with Crippen LogP contribution in [0.15, 0.2) is 36.4 Å². The first-order valence-corrected chi connectivity index (χ1v) is 7.01. The van der Waals surface area contributed by atoms with E-state index in [4.69, 9.17) is 23.2 Å². The molecule has 0 unspecified atom stereocenters. The van der Waals surface area contributed by atoms with Crippen LogP contribution in [0.2, 0.25) is 10.0 Å². The predicted molar refractivity (Wildman–Crippen MR) is 79.0 cm³/mol. The van der Waals surface area contributed by atoms with Gasteiger partial charge in [-0.1, -0.05) is 23.2 Å². The summed E-state index contributed by atoms with van der Waals surface area (Å²) in [5.41, 5.74) is -0.714. The Hall–Kier alpha value is -2.05. The number of nitrogens with zero attached hydrogens (tertiary/aromatic N) is 1. The van der Waals surface area contributed by atoms with E-state index in [1.807, 2.05) is 0 Å². The van der Waals surface area contributed by atoms with E-state index in [2.05, 4.69) is 0 Å². The van der Waals surface area contributed by atoms with Crippen LogP contribution in [0, 0.1) is 0 Å². The Morgan fingerprint density at radius 3 is 1.65 bits per heavy atom. The summed E-state index contributed by atoms with van der Waals surface area (Å²) in [5.74, 6) is -1.33. The summed E-state index contributed by atoms with van der Waals surface area (Å²) < 4.78 is 37.7. The summed E-state index contributed by atoms with van der Waals surface area (Å²) in [6.07, 6.45) is -4.50. The maximum absolute atomic E-state index is 12.6.